The van der Waals surface area contributed by atoms with Crippen LogP contribution in [0.3, 0.4) is 0 Å². The molecule has 0 spiro atoms. The van der Waals surface area contributed by atoms with Gasteiger partial charge in [-0.2, -0.15) is 0 Å². The first-order chi connectivity index (χ1) is 33.1. The van der Waals surface area contributed by atoms with Gasteiger partial charge >= 0.3 is 17.9 Å². The maximum Gasteiger partial charge on any atom is 0.326 e. The number of hydrogen-bond donors (Lipinski definition) is 17. The van der Waals surface area contributed by atoms with Crippen LogP contribution in [0, 0.1) is 11.8 Å². The van der Waals surface area contributed by atoms with E-state index in [2.05, 4.69) is 52.8 Å². The summed E-state index contributed by atoms with van der Waals surface area (Å²) in [7, 11) is 0. The first-order valence-electron chi connectivity index (χ1n) is 22.5. The van der Waals surface area contributed by atoms with Gasteiger partial charge in [0, 0.05) is 19.4 Å². The van der Waals surface area contributed by atoms with Crippen LogP contribution in [-0.4, -0.2) is 183 Å². The van der Waals surface area contributed by atoms with Crippen LogP contribution < -0.4 is 65.1 Å². The number of rotatable bonds is 34. The van der Waals surface area contributed by atoms with Crippen LogP contribution >= 0.6 is 0 Å². The van der Waals surface area contributed by atoms with Crippen molar-refractivity contribution in [2.45, 2.75) is 141 Å². The normalized spacial score (nSPS) is 15.1. The van der Waals surface area contributed by atoms with E-state index in [9.17, 15) is 78.0 Å². The summed E-state index contributed by atoms with van der Waals surface area (Å²) < 4.78 is 0. The van der Waals surface area contributed by atoms with Gasteiger partial charge in [-0.25, -0.2) is 4.79 Å². The molecule has 20 N–H and O–H groups in total. The van der Waals surface area contributed by atoms with Crippen molar-refractivity contribution in [1.82, 2.24) is 47.9 Å². The zero-order valence-electron chi connectivity index (χ0n) is 40.4. The third-order valence-electron chi connectivity index (χ3n) is 10.4. The highest BCUT2D eigenvalue weighted by atomic mass is 16.4. The number of hydrogen-bond acceptors (Lipinski definition) is 16. The average molecular weight is 1020 g/mol. The number of aliphatic hydroxyl groups is 2. The number of amides is 9. The van der Waals surface area contributed by atoms with E-state index in [4.69, 9.17) is 22.3 Å². The lowest BCUT2D eigenvalue weighted by Crippen LogP contribution is -2.59. The highest BCUT2D eigenvalue weighted by Crippen LogP contribution is 2.11. The number of aliphatic hydroxyl groups excluding tert-OH is 2. The van der Waals surface area contributed by atoms with Gasteiger partial charge in [-0.1, -0.05) is 34.1 Å². The van der Waals surface area contributed by atoms with Gasteiger partial charge in [0.15, 0.2) is 5.96 Å². The van der Waals surface area contributed by atoms with Gasteiger partial charge in [0.2, 0.25) is 53.2 Å². The predicted octanol–water partition coefficient (Wildman–Crippen LogP) is -7.10. The molecule has 0 bridgehead atoms. The maximum atomic E-state index is 13.4. The molecule has 0 aliphatic heterocycles. The van der Waals surface area contributed by atoms with Crippen molar-refractivity contribution in [2.24, 2.45) is 34.0 Å². The zero-order valence-corrected chi connectivity index (χ0v) is 40.4. The minimum atomic E-state index is -1.65. The fourth-order valence-corrected chi connectivity index (χ4v) is 5.99. The molecule has 0 radical (unpaired) electrons. The summed E-state index contributed by atoms with van der Waals surface area (Å²) in [5.74, 6) is -14.3. The van der Waals surface area contributed by atoms with E-state index in [-0.39, 0.29) is 25.3 Å². The Hall–Kier alpha value is -7.21. The number of nitrogens with two attached hydrogens (primary N) is 3. The van der Waals surface area contributed by atoms with Gasteiger partial charge in [-0.3, -0.25) is 57.7 Å². The van der Waals surface area contributed by atoms with Crippen LogP contribution in [-0.2, 0) is 57.5 Å². The van der Waals surface area contributed by atoms with Crippen LogP contribution in [0.2, 0.25) is 0 Å². The first kappa shape index (κ1) is 63.8. The molecular formula is C41H71N13O17. The molecule has 0 aromatic carbocycles. The lowest BCUT2D eigenvalue weighted by Gasteiger charge is -2.27. The second-order valence-electron chi connectivity index (χ2n) is 16.7. The summed E-state index contributed by atoms with van der Waals surface area (Å²) in [6.45, 7) is 6.17. The summed E-state index contributed by atoms with van der Waals surface area (Å²) >= 11 is 0. The van der Waals surface area contributed by atoms with Crippen LogP contribution in [0.1, 0.15) is 86.5 Å². The number of nitrogens with zero attached hydrogens (tertiary/aromatic N) is 1. The Morgan fingerprint density at radius 1 is 0.549 bits per heavy atom. The largest absolute Gasteiger partial charge is 0.481 e. The van der Waals surface area contributed by atoms with Gasteiger partial charge in [-0.05, 0) is 51.4 Å². The minimum absolute atomic E-state index is 0.0216. The highest BCUT2D eigenvalue weighted by Gasteiger charge is 2.34. The van der Waals surface area contributed by atoms with Gasteiger partial charge in [-0.15, -0.1) is 0 Å². The molecule has 0 aliphatic rings. The van der Waals surface area contributed by atoms with Crippen molar-refractivity contribution in [3.63, 3.8) is 0 Å². The summed E-state index contributed by atoms with van der Waals surface area (Å²) in [6.07, 6.45) is -3.26. The molecule has 30 nitrogen and oxygen atoms in total. The third kappa shape index (κ3) is 25.3. The SMILES string of the molecule is CC[C@H](C)[C@H](NC(=O)[C@@H](NC(=O)[C@H](CO)NC(=O)CNC(=O)[C@H](CCCN=C(N)N)NC(=O)[C@H](C)NC(=O)[C@H](CCC(=O)O)NC(=O)CNC(=O)[C@H](CCC(=O)O)NC(=O)[C@@H](N)[C@@H](C)O)C(C)C)C(=O)O. The Bertz CT molecular complexity index is 1910. The fourth-order valence-electron chi connectivity index (χ4n) is 5.99. The van der Waals surface area contributed by atoms with E-state index in [1.54, 1.807) is 27.7 Å². The predicted molar refractivity (Wildman–Crippen MR) is 248 cm³/mol. The lowest BCUT2D eigenvalue weighted by molar-refractivity contribution is -0.144. The van der Waals surface area contributed by atoms with E-state index in [1.807, 2.05) is 0 Å². The van der Waals surface area contributed by atoms with E-state index in [0.29, 0.717) is 6.42 Å². The van der Waals surface area contributed by atoms with E-state index in [0.717, 1.165) is 0 Å². The van der Waals surface area contributed by atoms with Gasteiger partial charge in [0.05, 0.1) is 25.8 Å². The Balaban J connectivity index is 5.93. The number of aliphatic imine (C=N–C) groups is 1. The lowest BCUT2D eigenvalue weighted by atomic mass is 9.97. The Kier molecular flexibility index (Phi) is 29.3. The molecule has 9 amide bonds. The summed E-state index contributed by atoms with van der Waals surface area (Å²) in [5, 5.41) is 67.9. The second kappa shape index (κ2) is 32.6. The number of carboxylic acid groups (broad SMARTS) is 3. The quantitative estimate of drug-likeness (QED) is 0.0162. The molecule has 71 heavy (non-hydrogen) atoms. The number of guanidine groups is 1. The smallest absolute Gasteiger partial charge is 0.326 e. The van der Waals surface area contributed by atoms with Crippen LogP contribution in [0.5, 0.6) is 0 Å². The van der Waals surface area contributed by atoms with Crippen molar-refractivity contribution in [3.05, 3.63) is 0 Å². The molecule has 0 aliphatic carbocycles. The first-order valence-corrected chi connectivity index (χ1v) is 22.5. The summed E-state index contributed by atoms with van der Waals surface area (Å²) in [6, 6.07) is -11.8. The molecule has 0 rings (SSSR count). The van der Waals surface area contributed by atoms with E-state index < -0.39 is 183 Å². The van der Waals surface area contributed by atoms with Crippen molar-refractivity contribution >= 4 is 77.0 Å². The van der Waals surface area contributed by atoms with E-state index in [1.165, 1.54) is 13.8 Å². The minimum Gasteiger partial charge on any atom is -0.481 e. The number of aliphatic carboxylic acids is 3. The fraction of sp³-hybridized carbons (Fsp3) is 0.683. The summed E-state index contributed by atoms with van der Waals surface area (Å²) in [5.41, 5.74) is 16.3. The van der Waals surface area contributed by atoms with Crippen LogP contribution in [0.25, 0.3) is 0 Å². The number of carbonyl (C=O) groups excluding carboxylic acids is 9. The number of carboxylic acids is 3. The average Bonchev–Trinajstić information content (AvgIpc) is 3.29. The van der Waals surface area contributed by atoms with Crippen molar-refractivity contribution in [2.75, 3.05) is 26.2 Å². The van der Waals surface area contributed by atoms with Crippen LogP contribution in [0.15, 0.2) is 4.99 Å². The van der Waals surface area contributed by atoms with Crippen molar-refractivity contribution in [3.8, 4) is 0 Å². The zero-order chi connectivity index (χ0) is 54.7. The van der Waals surface area contributed by atoms with Crippen molar-refractivity contribution < 1.29 is 83.1 Å². The van der Waals surface area contributed by atoms with Crippen LogP contribution in [0.4, 0.5) is 0 Å². The Morgan fingerprint density at radius 3 is 1.44 bits per heavy atom. The molecule has 0 saturated carbocycles. The second-order valence-corrected chi connectivity index (χ2v) is 16.7. The number of nitrogens with one attached hydrogen (secondary N) is 9. The molecule has 0 saturated heterocycles. The van der Waals surface area contributed by atoms with E-state index >= 15 is 0 Å². The molecular weight excluding hydrogens is 947 g/mol. The molecule has 402 valence electrons. The Labute approximate surface area is 408 Å². The van der Waals surface area contributed by atoms with Gasteiger partial charge in [0.25, 0.3) is 0 Å². The maximum absolute atomic E-state index is 13.4. The molecule has 30 heteroatoms. The van der Waals surface area contributed by atoms with Crippen molar-refractivity contribution in [1.29, 1.82) is 0 Å². The standard InChI is InChI=1S/C41H71N13O17/c1-7-19(4)32(40(70)71)54-39(69)31(18(2)3)53-37(67)25(17-55)50-27(58)16-46-34(64)22(9-8-14-45-41(43)44)51-33(63)20(5)48-36(66)24(11-13-29(61)62)49-26(57)15-47-35(65)23(10-12-28(59)60)52-38(68)30(42)21(6)56/h18-25,30-32,55-56H,7-17,42H2,1-6H3,(H,46,64)(H,47,65)(H,48,66)(H,49,57)(H,50,58)(H,51,63)(H,52,68)(H,53,67)(H,54,69)(H,59,60)(H,61,62)(H,70,71)(H4,43,44,45)/t19-,20-,21+,22-,23-,24-,25-,30-,31-,32-/m0/s1. The molecule has 0 unspecified atom stereocenters. The van der Waals surface area contributed by atoms with Gasteiger partial charge < -0.3 is 90.6 Å². The monoisotopic (exact) mass is 1020 g/mol. The van der Waals surface area contributed by atoms with Gasteiger partial charge in [0.1, 0.15) is 48.3 Å². The summed E-state index contributed by atoms with van der Waals surface area (Å²) in [4.78, 5) is 155. The number of carbonyl (C=O) groups is 12. The molecule has 0 aromatic rings. The molecule has 0 aromatic heterocycles. The molecule has 0 fully saturated rings. The third-order valence-corrected chi connectivity index (χ3v) is 10.4. The topological polar surface area (TPSA) is 505 Å². The molecule has 10 atom stereocenters. The Morgan fingerprint density at radius 2 is 1.00 bits per heavy atom. The molecule has 0 heterocycles. The highest BCUT2D eigenvalue weighted by molar-refractivity contribution is 5.97.